The molecule has 1 unspecified atom stereocenters. The largest absolute Gasteiger partial charge is 0.366 e. The average Bonchev–Trinajstić information content (AvgIpc) is 2.62. The zero-order valence-electron chi connectivity index (χ0n) is 8.49. The minimum absolute atomic E-state index is 0.136. The summed E-state index contributed by atoms with van der Waals surface area (Å²) < 4.78 is 0. The summed E-state index contributed by atoms with van der Waals surface area (Å²) in [5.74, 6) is 0.136. The van der Waals surface area contributed by atoms with Gasteiger partial charge in [0.05, 0.1) is 11.4 Å². The van der Waals surface area contributed by atoms with Gasteiger partial charge in [-0.25, -0.2) is 0 Å². The Kier molecular flexibility index (Phi) is 1.91. The van der Waals surface area contributed by atoms with Crippen LogP contribution in [0.4, 0.5) is 11.4 Å². The van der Waals surface area contributed by atoms with Crippen LogP contribution in [-0.2, 0) is 4.79 Å². The number of nitrogens with zero attached hydrogens (tertiary/aromatic N) is 1. The molecule has 1 aromatic carbocycles. The number of carbonyl (C=O) groups excluding carboxylic acids is 1. The predicted molar refractivity (Wildman–Crippen MR) is 58.9 cm³/mol. The predicted octanol–water partition coefficient (Wildman–Crippen LogP) is 1.80. The van der Waals surface area contributed by atoms with Gasteiger partial charge in [-0.2, -0.15) is 0 Å². The number of amides is 1. The molecule has 1 saturated heterocycles. The van der Waals surface area contributed by atoms with E-state index in [0.717, 1.165) is 24.3 Å². The Bertz CT molecular complexity index is 402. The minimum atomic E-state index is 0.136. The van der Waals surface area contributed by atoms with Crippen molar-refractivity contribution < 1.29 is 4.79 Å². The van der Waals surface area contributed by atoms with E-state index >= 15 is 0 Å². The fraction of sp³-hybridized carbons (Fsp3) is 0.417. The number of rotatable bonds is 0. The van der Waals surface area contributed by atoms with Gasteiger partial charge in [-0.15, -0.1) is 0 Å². The van der Waals surface area contributed by atoms with Crippen molar-refractivity contribution in [3.63, 3.8) is 0 Å². The third kappa shape index (κ3) is 1.39. The van der Waals surface area contributed by atoms with E-state index in [1.54, 1.807) is 0 Å². The van der Waals surface area contributed by atoms with Crippen molar-refractivity contribution in [1.29, 1.82) is 0 Å². The molecule has 1 atom stereocenters. The van der Waals surface area contributed by atoms with Gasteiger partial charge in [0.15, 0.2) is 0 Å². The Morgan fingerprint density at radius 3 is 3.40 bits per heavy atom. The van der Waals surface area contributed by atoms with Gasteiger partial charge in [-0.05, 0) is 31.0 Å². The summed E-state index contributed by atoms with van der Waals surface area (Å²) in [5.41, 5.74) is 2.06. The van der Waals surface area contributed by atoms with Crippen LogP contribution in [0, 0.1) is 6.07 Å². The quantitative estimate of drug-likeness (QED) is 0.694. The summed E-state index contributed by atoms with van der Waals surface area (Å²) in [7, 11) is 0. The van der Waals surface area contributed by atoms with E-state index in [2.05, 4.69) is 16.3 Å². The first-order chi connectivity index (χ1) is 7.34. The number of benzene rings is 1. The first-order valence-corrected chi connectivity index (χ1v) is 5.41. The lowest BCUT2D eigenvalue weighted by Gasteiger charge is -2.24. The Hall–Kier alpha value is -1.51. The van der Waals surface area contributed by atoms with E-state index in [4.69, 9.17) is 0 Å². The van der Waals surface area contributed by atoms with Crippen molar-refractivity contribution >= 4 is 17.3 Å². The highest BCUT2D eigenvalue weighted by atomic mass is 16.1. The molecule has 1 fully saturated rings. The Morgan fingerprint density at radius 2 is 2.47 bits per heavy atom. The van der Waals surface area contributed by atoms with E-state index in [9.17, 15) is 4.79 Å². The van der Waals surface area contributed by atoms with Gasteiger partial charge in [0.2, 0.25) is 5.91 Å². The molecule has 3 rings (SSSR count). The molecule has 1 radical (unpaired) electrons. The first-order valence-electron chi connectivity index (χ1n) is 5.41. The number of hydrogen-bond donors (Lipinski definition) is 1. The molecule has 2 aliphatic heterocycles. The second kappa shape index (κ2) is 3.26. The highest BCUT2D eigenvalue weighted by molar-refractivity contribution is 5.96. The molecule has 0 saturated carbocycles. The molecule has 0 aromatic heterocycles. The molecule has 2 heterocycles. The fourth-order valence-corrected chi connectivity index (χ4v) is 2.55. The maximum Gasteiger partial charge on any atom is 0.226 e. The van der Waals surface area contributed by atoms with Gasteiger partial charge in [0.25, 0.3) is 0 Å². The zero-order valence-corrected chi connectivity index (χ0v) is 8.49. The second-order valence-corrected chi connectivity index (χ2v) is 4.18. The minimum Gasteiger partial charge on any atom is -0.366 e. The van der Waals surface area contributed by atoms with Gasteiger partial charge in [0, 0.05) is 19.0 Å². The average molecular weight is 201 g/mol. The molecule has 77 valence electrons. The van der Waals surface area contributed by atoms with Crippen molar-refractivity contribution in [2.45, 2.75) is 25.3 Å². The molecule has 1 amide bonds. The first kappa shape index (κ1) is 8.77. The van der Waals surface area contributed by atoms with Crippen LogP contribution in [0.5, 0.6) is 0 Å². The number of anilines is 2. The van der Waals surface area contributed by atoms with Crippen LogP contribution in [0.1, 0.15) is 19.3 Å². The summed E-state index contributed by atoms with van der Waals surface area (Å²) >= 11 is 0. The van der Waals surface area contributed by atoms with E-state index in [0.29, 0.717) is 12.5 Å². The standard InChI is InChI=1S/C12H13N2O/c15-12-8-9-4-3-7-14(9)11-6-2-1-5-10(11)13-12/h1,5-6,9H,3-4,7-8H2,(H,13,15). The molecule has 3 heteroatoms. The normalized spacial score (nSPS) is 24.1. The highest BCUT2D eigenvalue weighted by Gasteiger charge is 2.31. The van der Waals surface area contributed by atoms with Crippen molar-refractivity contribution in [1.82, 2.24) is 0 Å². The number of fused-ring (bicyclic) bond motifs is 3. The van der Waals surface area contributed by atoms with Crippen LogP contribution >= 0.6 is 0 Å². The molecule has 0 bridgehead atoms. The molecular formula is C12H13N2O. The third-order valence-electron chi connectivity index (χ3n) is 3.22. The Labute approximate surface area is 89.1 Å². The highest BCUT2D eigenvalue weighted by Crippen LogP contribution is 2.35. The van der Waals surface area contributed by atoms with Crippen LogP contribution in [0.3, 0.4) is 0 Å². The molecule has 15 heavy (non-hydrogen) atoms. The third-order valence-corrected chi connectivity index (χ3v) is 3.22. The smallest absolute Gasteiger partial charge is 0.226 e. The molecule has 1 aromatic rings. The SMILES string of the molecule is O=C1CC2CCCN2c2c[c]ccc2N1. The second-order valence-electron chi connectivity index (χ2n) is 4.18. The monoisotopic (exact) mass is 201 g/mol. The zero-order chi connectivity index (χ0) is 10.3. The topological polar surface area (TPSA) is 32.3 Å². The summed E-state index contributed by atoms with van der Waals surface area (Å²) in [6, 6.07) is 9.21. The number of carbonyl (C=O) groups is 1. The van der Waals surface area contributed by atoms with E-state index in [1.807, 2.05) is 18.2 Å². The van der Waals surface area contributed by atoms with Gasteiger partial charge < -0.3 is 10.2 Å². The summed E-state index contributed by atoms with van der Waals surface area (Å²) in [4.78, 5) is 14.0. The number of nitrogens with one attached hydrogen (secondary N) is 1. The van der Waals surface area contributed by atoms with Crippen LogP contribution in [-0.4, -0.2) is 18.5 Å². The van der Waals surface area contributed by atoms with Crippen molar-refractivity contribution in [3.8, 4) is 0 Å². The molecule has 2 aliphatic rings. The van der Waals surface area contributed by atoms with Crippen molar-refractivity contribution in [3.05, 3.63) is 24.3 Å². The molecule has 0 aliphatic carbocycles. The summed E-state index contributed by atoms with van der Waals surface area (Å²) in [6.45, 7) is 1.06. The van der Waals surface area contributed by atoms with Crippen molar-refractivity contribution in [2.75, 3.05) is 16.8 Å². The van der Waals surface area contributed by atoms with E-state index in [1.165, 1.54) is 6.42 Å². The Balaban J connectivity index is 2.08. The van der Waals surface area contributed by atoms with Gasteiger partial charge in [-0.1, -0.05) is 6.07 Å². The van der Waals surface area contributed by atoms with Crippen LogP contribution in [0.2, 0.25) is 0 Å². The molecule has 3 nitrogen and oxygen atoms in total. The molecular weight excluding hydrogens is 188 g/mol. The summed E-state index contributed by atoms with van der Waals surface area (Å²) in [5, 5.41) is 2.95. The number of hydrogen-bond acceptors (Lipinski definition) is 2. The van der Waals surface area contributed by atoms with Gasteiger partial charge >= 0.3 is 0 Å². The van der Waals surface area contributed by atoms with Gasteiger partial charge in [-0.3, -0.25) is 4.79 Å². The maximum absolute atomic E-state index is 11.6. The lowest BCUT2D eigenvalue weighted by molar-refractivity contribution is -0.116. The molecule has 1 N–H and O–H groups in total. The van der Waals surface area contributed by atoms with Crippen LogP contribution in [0.15, 0.2) is 18.2 Å². The lowest BCUT2D eigenvalue weighted by Crippen LogP contribution is -2.29. The van der Waals surface area contributed by atoms with Crippen LogP contribution in [0.25, 0.3) is 0 Å². The molecule has 0 spiro atoms. The van der Waals surface area contributed by atoms with Crippen LogP contribution < -0.4 is 10.2 Å². The van der Waals surface area contributed by atoms with Crippen molar-refractivity contribution in [2.24, 2.45) is 0 Å². The van der Waals surface area contributed by atoms with E-state index < -0.39 is 0 Å². The van der Waals surface area contributed by atoms with Gasteiger partial charge in [0.1, 0.15) is 0 Å². The fourth-order valence-electron chi connectivity index (χ4n) is 2.55. The maximum atomic E-state index is 11.6. The summed E-state index contributed by atoms with van der Waals surface area (Å²) in [6.07, 6.45) is 2.93. The Morgan fingerprint density at radius 1 is 1.53 bits per heavy atom. The van der Waals surface area contributed by atoms with E-state index in [-0.39, 0.29) is 5.91 Å². The lowest BCUT2D eigenvalue weighted by atomic mass is 10.1.